The third-order valence-corrected chi connectivity index (χ3v) is 6.12. The van der Waals surface area contributed by atoms with E-state index in [1.165, 1.54) is 5.56 Å². The second kappa shape index (κ2) is 9.95. The molecule has 0 atom stereocenters. The SMILES string of the molecule is CCN(CC)CCCNc1c(CCC(C)C)c(C)c(C#N)c2[nH]c3ccccc3[n+]12. The number of hydrogen-bond donors (Lipinski definition) is 2. The minimum absolute atomic E-state index is 0.620. The molecule has 0 radical (unpaired) electrons. The molecule has 2 aromatic heterocycles. The van der Waals surface area contributed by atoms with Crippen LogP contribution in [-0.4, -0.2) is 36.1 Å². The van der Waals surface area contributed by atoms with E-state index in [9.17, 15) is 5.26 Å². The Balaban J connectivity index is 2.08. The number of aromatic amines is 1. The van der Waals surface area contributed by atoms with Crippen LogP contribution in [0.1, 0.15) is 57.2 Å². The minimum Gasteiger partial charge on any atom is -0.305 e. The summed E-state index contributed by atoms with van der Waals surface area (Å²) in [6, 6.07) is 10.8. The number of H-pyrrole nitrogens is 1. The number of pyridine rings is 1. The quantitative estimate of drug-likeness (QED) is 0.375. The zero-order valence-corrected chi connectivity index (χ0v) is 19.2. The number of nitrogens with one attached hydrogen (secondary N) is 2. The van der Waals surface area contributed by atoms with Gasteiger partial charge in [-0.3, -0.25) is 4.98 Å². The molecule has 0 aliphatic heterocycles. The second-order valence-corrected chi connectivity index (χ2v) is 8.50. The van der Waals surface area contributed by atoms with Gasteiger partial charge in [0.1, 0.15) is 22.7 Å². The van der Waals surface area contributed by atoms with E-state index in [2.05, 4.69) is 78.5 Å². The highest BCUT2D eigenvalue weighted by Crippen LogP contribution is 2.27. The van der Waals surface area contributed by atoms with Crippen LogP contribution in [0.2, 0.25) is 0 Å². The lowest BCUT2D eigenvalue weighted by Gasteiger charge is -2.18. The van der Waals surface area contributed by atoms with Crippen molar-refractivity contribution < 1.29 is 4.40 Å². The monoisotopic (exact) mass is 406 g/mol. The molecule has 0 saturated carbocycles. The number of anilines is 1. The normalized spacial score (nSPS) is 11.7. The molecule has 0 unspecified atom stereocenters. The average molecular weight is 407 g/mol. The highest BCUT2D eigenvalue weighted by atomic mass is 15.1. The van der Waals surface area contributed by atoms with E-state index >= 15 is 0 Å². The first kappa shape index (κ1) is 22.1. The third-order valence-electron chi connectivity index (χ3n) is 6.12. The van der Waals surface area contributed by atoms with E-state index in [1.807, 2.05) is 6.07 Å². The number of nitriles is 1. The molecule has 3 aromatic rings. The molecule has 1 aromatic carbocycles. The molecule has 0 aliphatic carbocycles. The summed E-state index contributed by atoms with van der Waals surface area (Å²) >= 11 is 0. The molecule has 2 N–H and O–H groups in total. The first-order valence-corrected chi connectivity index (χ1v) is 11.4. The fourth-order valence-corrected chi connectivity index (χ4v) is 4.24. The van der Waals surface area contributed by atoms with Crippen LogP contribution in [0.5, 0.6) is 0 Å². The average Bonchev–Trinajstić information content (AvgIpc) is 3.12. The highest BCUT2D eigenvalue weighted by molar-refractivity contribution is 5.78. The number of aromatic nitrogens is 2. The van der Waals surface area contributed by atoms with Crippen molar-refractivity contribution >= 4 is 22.5 Å². The highest BCUT2D eigenvalue weighted by Gasteiger charge is 2.25. The largest absolute Gasteiger partial charge is 0.305 e. The number of rotatable bonds is 10. The first-order valence-electron chi connectivity index (χ1n) is 11.4. The van der Waals surface area contributed by atoms with Gasteiger partial charge in [-0.1, -0.05) is 39.8 Å². The zero-order valence-electron chi connectivity index (χ0n) is 19.2. The van der Waals surface area contributed by atoms with Crippen molar-refractivity contribution in [3.05, 3.63) is 41.0 Å². The Labute approximate surface area is 180 Å². The lowest BCUT2D eigenvalue weighted by Crippen LogP contribution is -2.31. The minimum atomic E-state index is 0.620. The van der Waals surface area contributed by atoms with Gasteiger partial charge in [-0.15, -0.1) is 0 Å². The molecule has 5 heteroatoms. The Bertz CT molecular complexity index is 1040. The molecular weight excluding hydrogens is 370 g/mol. The van der Waals surface area contributed by atoms with Gasteiger partial charge in [0.25, 0.3) is 0 Å². The van der Waals surface area contributed by atoms with Crippen molar-refractivity contribution in [3.63, 3.8) is 0 Å². The standard InChI is InChI=1S/C25H35N5/c1-6-29(7-2)16-10-15-27-24-20(14-13-18(3)4)19(5)21(17-26)25-28-22-11-8-9-12-23(22)30(24)25/h8-9,11-12,18H,6-7,10,13-16H2,1-5H3,(H,27,28)/p+1. The maximum Gasteiger partial charge on any atom is 0.250 e. The van der Waals surface area contributed by atoms with Gasteiger partial charge in [-0.2, -0.15) is 9.66 Å². The number of hydrogen-bond acceptors (Lipinski definition) is 3. The number of nitrogens with zero attached hydrogens (tertiary/aromatic N) is 3. The van der Waals surface area contributed by atoms with Crippen LogP contribution >= 0.6 is 0 Å². The van der Waals surface area contributed by atoms with E-state index in [-0.39, 0.29) is 0 Å². The van der Waals surface area contributed by atoms with Gasteiger partial charge in [-0.25, -0.2) is 0 Å². The molecule has 5 nitrogen and oxygen atoms in total. The lowest BCUT2D eigenvalue weighted by molar-refractivity contribution is -0.465. The summed E-state index contributed by atoms with van der Waals surface area (Å²) in [5.41, 5.74) is 6.16. The van der Waals surface area contributed by atoms with Crippen molar-refractivity contribution in [2.45, 2.75) is 53.9 Å². The van der Waals surface area contributed by atoms with Crippen molar-refractivity contribution in [2.24, 2.45) is 5.92 Å². The van der Waals surface area contributed by atoms with Crippen molar-refractivity contribution in [1.82, 2.24) is 9.88 Å². The van der Waals surface area contributed by atoms with Crippen molar-refractivity contribution in [3.8, 4) is 6.07 Å². The van der Waals surface area contributed by atoms with Gasteiger partial charge in [0, 0.05) is 12.1 Å². The molecule has 0 spiro atoms. The van der Waals surface area contributed by atoms with Crippen LogP contribution in [0.4, 0.5) is 5.82 Å². The van der Waals surface area contributed by atoms with Gasteiger partial charge in [-0.05, 0) is 62.9 Å². The van der Waals surface area contributed by atoms with E-state index in [0.29, 0.717) is 5.92 Å². The Morgan fingerprint density at radius 3 is 2.60 bits per heavy atom. The topological polar surface area (TPSA) is 59.0 Å². The van der Waals surface area contributed by atoms with Gasteiger partial charge >= 0.3 is 0 Å². The third kappa shape index (κ3) is 4.44. The molecular formula is C25H36N5+. The Morgan fingerprint density at radius 2 is 1.93 bits per heavy atom. The number of benzene rings is 1. The molecule has 160 valence electrons. The molecule has 0 fully saturated rings. The second-order valence-electron chi connectivity index (χ2n) is 8.50. The predicted octanol–water partition coefficient (Wildman–Crippen LogP) is 4.82. The van der Waals surface area contributed by atoms with Crippen molar-refractivity contribution in [2.75, 3.05) is 31.5 Å². The molecule has 30 heavy (non-hydrogen) atoms. The van der Waals surface area contributed by atoms with Crippen LogP contribution in [0, 0.1) is 24.2 Å². The van der Waals surface area contributed by atoms with E-state index < -0.39 is 0 Å². The predicted molar refractivity (Wildman–Crippen MR) is 125 cm³/mol. The van der Waals surface area contributed by atoms with Gasteiger partial charge in [0.05, 0.1) is 6.54 Å². The smallest absolute Gasteiger partial charge is 0.250 e. The fourth-order valence-electron chi connectivity index (χ4n) is 4.24. The number of para-hydroxylation sites is 2. The number of imidazole rings is 1. The Morgan fingerprint density at radius 1 is 1.20 bits per heavy atom. The van der Waals surface area contributed by atoms with E-state index in [1.54, 1.807) is 0 Å². The maximum atomic E-state index is 9.95. The van der Waals surface area contributed by atoms with Crippen LogP contribution < -0.4 is 9.72 Å². The molecule has 0 bridgehead atoms. The summed E-state index contributed by atoms with van der Waals surface area (Å²) < 4.78 is 2.23. The van der Waals surface area contributed by atoms with Gasteiger partial charge < -0.3 is 10.2 Å². The van der Waals surface area contributed by atoms with Crippen LogP contribution in [-0.2, 0) is 6.42 Å². The summed E-state index contributed by atoms with van der Waals surface area (Å²) in [5.74, 6) is 1.76. The summed E-state index contributed by atoms with van der Waals surface area (Å²) in [4.78, 5) is 5.95. The Hall–Kier alpha value is -2.58. The van der Waals surface area contributed by atoms with Crippen molar-refractivity contribution in [1.29, 1.82) is 5.26 Å². The summed E-state index contributed by atoms with van der Waals surface area (Å²) in [5, 5.41) is 13.7. The van der Waals surface area contributed by atoms with Gasteiger partial charge in [0.2, 0.25) is 11.5 Å². The molecule has 0 amide bonds. The fraction of sp³-hybridized carbons (Fsp3) is 0.520. The van der Waals surface area contributed by atoms with E-state index in [4.69, 9.17) is 0 Å². The molecule has 3 rings (SSSR count). The molecule has 2 heterocycles. The lowest BCUT2D eigenvalue weighted by atomic mass is 9.97. The Kier molecular flexibility index (Phi) is 7.33. The van der Waals surface area contributed by atoms with Crippen LogP contribution in [0.15, 0.2) is 24.3 Å². The summed E-state index contributed by atoms with van der Waals surface area (Å²) in [6.07, 6.45) is 3.17. The summed E-state index contributed by atoms with van der Waals surface area (Å²) in [6.45, 7) is 15.2. The summed E-state index contributed by atoms with van der Waals surface area (Å²) in [7, 11) is 0. The van der Waals surface area contributed by atoms with Crippen LogP contribution in [0.25, 0.3) is 16.7 Å². The van der Waals surface area contributed by atoms with Crippen LogP contribution in [0.3, 0.4) is 0 Å². The molecule has 0 saturated heterocycles. The number of fused-ring (bicyclic) bond motifs is 3. The maximum absolute atomic E-state index is 9.95. The zero-order chi connectivity index (χ0) is 21.7. The molecule has 0 aliphatic rings. The van der Waals surface area contributed by atoms with Gasteiger partial charge in [0.15, 0.2) is 0 Å². The first-order chi connectivity index (χ1) is 14.5. The van der Waals surface area contributed by atoms with E-state index in [0.717, 1.165) is 79.1 Å².